The van der Waals surface area contributed by atoms with Crippen LogP contribution in [0, 0.1) is 11.7 Å². The maximum atomic E-state index is 12.9. The molecule has 0 saturated carbocycles. The van der Waals surface area contributed by atoms with Crippen LogP contribution in [0.2, 0.25) is 0 Å². The van der Waals surface area contributed by atoms with Crippen LogP contribution in [0.1, 0.15) is 24.2 Å². The number of amides is 1. The predicted molar refractivity (Wildman–Crippen MR) is 66.3 cm³/mol. The van der Waals surface area contributed by atoms with E-state index >= 15 is 0 Å². The summed E-state index contributed by atoms with van der Waals surface area (Å²) in [6.07, 6.45) is 0. The van der Waals surface area contributed by atoms with Gasteiger partial charge in [0.1, 0.15) is 5.82 Å². The van der Waals surface area contributed by atoms with Crippen LogP contribution >= 0.6 is 15.9 Å². The maximum Gasteiger partial charge on any atom is 0.251 e. The van der Waals surface area contributed by atoms with E-state index < -0.39 is 5.82 Å². The average Bonchev–Trinajstić information content (AvgIpc) is 2.27. The topological polar surface area (TPSA) is 29.1 Å². The zero-order chi connectivity index (χ0) is 12.1. The molecule has 0 aromatic heterocycles. The highest BCUT2D eigenvalue weighted by molar-refractivity contribution is 9.09. The smallest absolute Gasteiger partial charge is 0.251 e. The van der Waals surface area contributed by atoms with Crippen molar-refractivity contribution in [3.63, 3.8) is 0 Å². The van der Waals surface area contributed by atoms with E-state index in [1.54, 1.807) is 6.07 Å². The van der Waals surface area contributed by atoms with E-state index in [0.717, 1.165) is 5.33 Å². The van der Waals surface area contributed by atoms with Gasteiger partial charge in [-0.2, -0.15) is 0 Å². The molecule has 0 heterocycles. The highest BCUT2D eigenvalue weighted by Crippen LogP contribution is 2.08. The van der Waals surface area contributed by atoms with E-state index in [1.807, 2.05) is 13.8 Å². The summed E-state index contributed by atoms with van der Waals surface area (Å²) in [6, 6.07) is 5.74. The van der Waals surface area contributed by atoms with E-state index in [-0.39, 0.29) is 11.9 Å². The third kappa shape index (κ3) is 3.59. The van der Waals surface area contributed by atoms with Crippen molar-refractivity contribution in [1.29, 1.82) is 0 Å². The lowest BCUT2D eigenvalue weighted by Gasteiger charge is -2.19. The third-order valence-electron chi connectivity index (χ3n) is 2.54. The minimum atomic E-state index is -0.395. The molecule has 1 amide bonds. The van der Waals surface area contributed by atoms with Crippen molar-refractivity contribution in [2.45, 2.75) is 19.9 Å². The summed E-state index contributed by atoms with van der Waals surface area (Å²) in [5, 5.41) is 3.66. The van der Waals surface area contributed by atoms with E-state index in [1.165, 1.54) is 18.2 Å². The lowest BCUT2D eigenvalue weighted by molar-refractivity contribution is 0.0930. The molecule has 4 heteroatoms. The highest BCUT2D eigenvalue weighted by atomic mass is 79.9. The second-order valence-electron chi connectivity index (χ2n) is 3.90. The van der Waals surface area contributed by atoms with Crippen LogP contribution < -0.4 is 5.32 Å². The quantitative estimate of drug-likeness (QED) is 0.848. The molecule has 0 aliphatic heterocycles. The van der Waals surface area contributed by atoms with Gasteiger partial charge in [-0.3, -0.25) is 4.79 Å². The van der Waals surface area contributed by atoms with Gasteiger partial charge in [0, 0.05) is 16.9 Å². The second kappa shape index (κ2) is 5.99. The van der Waals surface area contributed by atoms with E-state index in [0.29, 0.717) is 11.5 Å². The molecule has 1 aromatic carbocycles. The second-order valence-corrected chi connectivity index (χ2v) is 4.55. The Morgan fingerprint density at radius 1 is 1.50 bits per heavy atom. The van der Waals surface area contributed by atoms with Gasteiger partial charge in [0.15, 0.2) is 0 Å². The number of halogens is 2. The molecule has 0 fully saturated rings. The molecule has 88 valence electrons. The average molecular weight is 288 g/mol. The molecule has 2 atom stereocenters. The first-order valence-corrected chi connectivity index (χ1v) is 6.29. The lowest BCUT2D eigenvalue weighted by atomic mass is 10.1. The van der Waals surface area contributed by atoms with Gasteiger partial charge >= 0.3 is 0 Å². The van der Waals surface area contributed by atoms with Gasteiger partial charge in [-0.25, -0.2) is 4.39 Å². The summed E-state index contributed by atoms with van der Waals surface area (Å²) in [4.78, 5) is 11.7. The first-order chi connectivity index (χ1) is 7.54. The Hall–Kier alpha value is -0.900. The van der Waals surface area contributed by atoms with Crippen LogP contribution in [0.3, 0.4) is 0 Å². The van der Waals surface area contributed by atoms with Crippen LogP contribution in [0.25, 0.3) is 0 Å². The molecule has 0 bridgehead atoms. The molecule has 0 radical (unpaired) electrons. The molecule has 1 aromatic rings. The molecule has 0 aliphatic carbocycles. The first kappa shape index (κ1) is 13.2. The zero-order valence-electron chi connectivity index (χ0n) is 9.34. The summed E-state index contributed by atoms with van der Waals surface area (Å²) < 4.78 is 12.9. The fraction of sp³-hybridized carbons (Fsp3) is 0.417. The molecule has 2 unspecified atom stereocenters. The molecule has 0 saturated heterocycles. The van der Waals surface area contributed by atoms with Crippen LogP contribution in [0.5, 0.6) is 0 Å². The summed E-state index contributed by atoms with van der Waals surface area (Å²) in [5.74, 6) is -0.300. The molecule has 16 heavy (non-hydrogen) atoms. The van der Waals surface area contributed by atoms with Gasteiger partial charge in [0.25, 0.3) is 5.91 Å². The highest BCUT2D eigenvalue weighted by Gasteiger charge is 2.14. The van der Waals surface area contributed by atoms with E-state index in [9.17, 15) is 9.18 Å². The monoisotopic (exact) mass is 287 g/mol. The van der Waals surface area contributed by atoms with Crippen molar-refractivity contribution >= 4 is 21.8 Å². The molecule has 0 spiro atoms. The molecule has 2 nitrogen and oxygen atoms in total. The first-order valence-electron chi connectivity index (χ1n) is 5.17. The normalized spacial score (nSPS) is 14.2. The largest absolute Gasteiger partial charge is 0.349 e. The fourth-order valence-corrected chi connectivity index (χ4v) is 1.76. The number of benzene rings is 1. The summed E-state index contributed by atoms with van der Waals surface area (Å²) in [6.45, 7) is 3.97. The number of nitrogens with one attached hydrogen (secondary N) is 1. The van der Waals surface area contributed by atoms with Gasteiger partial charge < -0.3 is 5.32 Å². The lowest BCUT2D eigenvalue weighted by Crippen LogP contribution is -2.37. The number of hydrogen-bond donors (Lipinski definition) is 1. The van der Waals surface area contributed by atoms with Gasteiger partial charge in [-0.05, 0) is 31.0 Å². The fourth-order valence-electron chi connectivity index (χ4n) is 1.20. The van der Waals surface area contributed by atoms with Gasteiger partial charge in [0.05, 0.1) is 0 Å². The Morgan fingerprint density at radius 3 is 2.75 bits per heavy atom. The van der Waals surface area contributed by atoms with Crippen LogP contribution in [-0.2, 0) is 0 Å². The minimum Gasteiger partial charge on any atom is -0.349 e. The van der Waals surface area contributed by atoms with E-state index in [4.69, 9.17) is 0 Å². The molecule has 1 N–H and O–H groups in total. The van der Waals surface area contributed by atoms with Gasteiger partial charge in [-0.1, -0.05) is 28.9 Å². The Kier molecular flexibility index (Phi) is 4.93. The summed E-state index contributed by atoms with van der Waals surface area (Å²) in [7, 11) is 0. The number of hydrogen-bond acceptors (Lipinski definition) is 1. The Labute approximate surface area is 103 Å². The van der Waals surface area contributed by atoms with Crippen molar-refractivity contribution in [2.24, 2.45) is 5.92 Å². The van der Waals surface area contributed by atoms with Crippen LogP contribution in [0.4, 0.5) is 4.39 Å². The molecule has 0 aliphatic rings. The van der Waals surface area contributed by atoms with Crippen molar-refractivity contribution < 1.29 is 9.18 Å². The van der Waals surface area contributed by atoms with Crippen molar-refractivity contribution in [3.8, 4) is 0 Å². The molecular weight excluding hydrogens is 273 g/mol. The summed E-state index contributed by atoms with van der Waals surface area (Å²) >= 11 is 3.36. The number of carbonyl (C=O) groups is 1. The number of alkyl halides is 1. The standard InChI is InChI=1S/C12H15BrFNO/c1-8(7-13)9(2)15-12(16)10-4-3-5-11(14)6-10/h3-6,8-9H,7H2,1-2H3,(H,15,16). The van der Waals surface area contributed by atoms with Gasteiger partial charge in [0.2, 0.25) is 0 Å². The third-order valence-corrected chi connectivity index (χ3v) is 3.56. The SMILES string of the molecule is CC(CBr)C(C)NC(=O)c1cccc(F)c1. The maximum absolute atomic E-state index is 12.9. The minimum absolute atomic E-state index is 0.0511. The predicted octanol–water partition coefficient (Wildman–Crippen LogP) is 2.98. The van der Waals surface area contributed by atoms with E-state index in [2.05, 4.69) is 21.2 Å². The molecular formula is C12H15BrFNO. The van der Waals surface area contributed by atoms with Crippen LogP contribution in [0.15, 0.2) is 24.3 Å². The Bertz CT molecular complexity index is 370. The Morgan fingerprint density at radius 2 is 2.19 bits per heavy atom. The van der Waals surface area contributed by atoms with Crippen molar-refractivity contribution in [1.82, 2.24) is 5.32 Å². The zero-order valence-corrected chi connectivity index (χ0v) is 10.9. The van der Waals surface area contributed by atoms with Crippen molar-refractivity contribution in [2.75, 3.05) is 5.33 Å². The van der Waals surface area contributed by atoms with Crippen LogP contribution in [-0.4, -0.2) is 17.3 Å². The molecule has 1 rings (SSSR count). The number of carbonyl (C=O) groups excluding carboxylic acids is 1. The Balaban J connectivity index is 2.66. The van der Waals surface area contributed by atoms with Gasteiger partial charge in [-0.15, -0.1) is 0 Å². The van der Waals surface area contributed by atoms with Crippen molar-refractivity contribution in [3.05, 3.63) is 35.6 Å². The number of rotatable bonds is 4. The summed E-state index contributed by atoms with van der Waals surface area (Å²) in [5.41, 5.74) is 0.355.